The third-order valence-corrected chi connectivity index (χ3v) is 5.86. The molecule has 1 N–H and O–H groups in total. The summed E-state index contributed by atoms with van der Waals surface area (Å²) in [4.78, 5) is 29.7. The second-order valence-corrected chi connectivity index (χ2v) is 7.70. The van der Waals surface area contributed by atoms with E-state index in [1.54, 1.807) is 16.7 Å². The number of benzene rings is 1. The zero-order chi connectivity index (χ0) is 19.9. The van der Waals surface area contributed by atoms with Gasteiger partial charge in [0.05, 0.1) is 11.7 Å². The number of unbranched alkanes of at least 4 members (excludes halogenated alkanes) is 1. The molecule has 0 spiro atoms. The Morgan fingerprint density at radius 1 is 1.36 bits per heavy atom. The molecule has 1 aromatic carbocycles. The standard InChI is InChI=1S/C23H24N2O3/c1-3-4-9-17-18(11-10-16-8-6-5-7-15(16)2)24-20-12-13-23(22(27)28)14-19(23)25(20)21(17)26/h5-8,10-13,19H,3-4,9,14H2,1-2H3,(H,27,28)/b11-10+. The van der Waals surface area contributed by atoms with E-state index in [0.29, 0.717) is 29.9 Å². The normalized spacial score (nSPS) is 22.1. The second-order valence-electron chi connectivity index (χ2n) is 7.70. The zero-order valence-electron chi connectivity index (χ0n) is 16.2. The lowest BCUT2D eigenvalue weighted by molar-refractivity contribution is -0.141. The predicted molar refractivity (Wildman–Crippen MR) is 110 cm³/mol. The molecular weight excluding hydrogens is 352 g/mol. The second kappa shape index (κ2) is 6.89. The molecule has 5 nitrogen and oxygen atoms in total. The maximum Gasteiger partial charge on any atom is 0.315 e. The van der Waals surface area contributed by atoms with Gasteiger partial charge in [0.2, 0.25) is 0 Å². The Bertz CT molecular complexity index is 1060. The van der Waals surface area contributed by atoms with Gasteiger partial charge in [-0.3, -0.25) is 14.2 Å². The van der Waals surface area contributed by atoms with Crippen LogP contribution >= 0.6 is 0 Å². The maximum absolute atomic E-state index is 13.3. The molecule has 2 aliphatic rings. The Balaban J connectivity index is 1.80. The summed E-state index contributed by atoms with van der Waals surface area (Å²) in [5.41, 5.74) is 2.58. The fraction of sp³-hybridized carbons (Fsp3) is 0.348. The largest absolute Gasteiger partial charge is 0.481 e. The molecule has 0 amide bonds. The number of carbonyl (C=O) groups is 1. The molecule has 144 valence electrons. The Hall–Kier alpha value is -2.95. The molecule has 2 heterocycles. The number of carboxylic acid groups (broad SMARTS) is 1. The smallest absolute Gasteiger partial charge is 0.315 e. The molecule has 2 aromatic rings. The Morgan fingerprint density at radius 3 is 2.86 bits per heavy atom. The van der Waals surface area contributed by atoms with E-state index < -0.39 is 11.4 Å². The predicted octanol–water partition coefficient (Wildman–Crippen LogP) is 4.11. The van der Waals surface area contributed by atoms with Gasteiger partial charge in [0.15, 0.2) is 0 Å². The van der Waals surface area contributed by atoms with Gasteiger partial charge in [0.25, 0.3) is 5.56 Å². The highest BCUT2D eigenvalue weighted by Crippen LogP contribution is 2.59. The van der Waals surface area contributed by atoms with Crippen LogP contribution in [0.1, 0.15) is 60.4 Å². The molecule has 1 aromatic heterocycles. The summed E-state index contributed by atoms with van der Waals surface area (Å²) >= 11 is 0. The van der Waals surface area contributed by atoms with Gasteiger partial charge >= 0.3 is 5.97 Å². The Morgan fingerprint density at radius 2 is 2.14 bits per heavy atom. The van der Waals surface area contributed by atoms with Crippen LogP contribution in [0.15, 0.2) is 35.1 Å². The lowest BCUT2D eigenvalue weighted by Crippen LogP contribution is -2.32. The van der Waals surface area contributed by atoms with Gasteiger partial charge in [-0.05, 0) is 49.5 Å². The molecule has 28 heavy (non-hydrogen) atoms. The lowest BCUT2D eigenvalue weighted by Gasteiger charge is -2.19. The number of aryl methyl sites for hydroxylation is 1. The minimum atomic E-state index is -0.932. The molecule has 2 unspecified atom stereocenters. The summed E-state index contributed by atoms with van der Waals surface area (Å²) in [5, 5.41) is 9.56. The van der Waals surface area contributed by atoms with E-state index >= 15 is 0 Å². The van der Waals surface area contributed by atoms with E-state index in [1.165, 1.54) is 0 Å². The average molecular weight is 376 g/mol. The summed E-state index contributed by atoms with van der Waals surface area (Å²) in [6.07, 6.45) is 10.3. The van der Waals surface area contributed by atoms with Crippen molar-refractivity contribution in [1.29, 1.82) is 0 Å². The van der Waals surface area contributed by atoms with Crippen LogP contribution in [0.4, 0.5) is 0 Å². The summed E-state index contributed by atoms with van der Waals surface area (Å²) in [5.74, 6) is -0.320. The number of nitrogens with zero attached hydrogens (tertiary/aromatic N) is 2. The summed E-state index contributed by atoms with van der Waals surface area (Å²) in [7, 11) is 0. The fourth-order valence-electron chi connectivity index (χ4n) is 3.98. The first-order valence-electron chi connectivity index (χ1n) is 9.79. The number of aliphatic carboxylic acids is 1. The molecule has 0 saturated heterocycles. The van der Waals surface area contributed by atoms with Crippen LogP contribution in [0.2, 0.25) is 0 Å². The molecule has 1 saturated carbocycles. The third-order valence-electron chi connectivity index (χ3n) is 5.86. The van der Waals surface area contributed by atoms with Gasteiger partial charge in [0.1, 0.15) is 11.2 Å². The highest BCUT2D eigenvalue weighted by molar-refractivity contribution is 5.84. The first-order valence-corrected chi connectivity index (χ1v) is 9.79. The minimum absolute atomic E-state index is 0.0969. The van der Waals surface area contributed by atoms with Crippen molar-refractivity contribution in [3.05, 3.63) is 68.9 Å². The maximum atomic E-state index is 13.3. The molecule has 1 aliphatic heterocycles. The van der Waals surface area contributed by atoms with Crippen molar-refractivity contribution in [2.45, 2.75) is 45.6 Å². The van der Waals surface area contributed by atoms with Gasteiger partial charge in [-0.15, -0.1) is 0 Å². The van der Waals surface area contributed by atoms with Crippen molar-refractivity contribution in [1.82, 2.24) is 9.55 Å². The van der Waals surface area contributed by atoms with Crippen molar-refractivity contribution in [3.8, 4) is 0 Å². The minimum Gasteiger partial charge on any atom is -0.481 e. The topological polar surface area (TPSA) is 72.2 Å². The molecule has 1 aliphatic carbocycles. The lowest BCUT2D eigenvalue weighted by atomic mass is 10.0. The molecule has 0 bridgehead atoms. The molecule has 2 atom stereocenters. The quantitative estimate of drug-likeness (QED) is 0.824. The van der Waals surface area contributed by atoms with Crippen LogP contribution < -0.4 is 5.56 Å². The van der Waals surface area contributed by atoms with Crippen molar-refractivity contribution >= 4 is 24.2 Å². The van der Waals surface area contributed by atoms with Crippen LogP contribution in [0.5, 0.6) is 0 Å². The van der Waals surface area contributed by atoms with E-state index in [9.17, 15) is 14.7 Å². The Labute approximate surface area is 164 Å². The van der Waals surface area contributed by atoms with Crippen molar-refractivity contribution in [3.63, 3.8) is 0 Å². The molecule has 5 heteroatoms. The number of carboxylic acids is 1. The number of rotatable bonds is 6. The first-order chi connectivity index (χ1) is 13.5. The van der Waals surface area contributed by atoms with Gasteiger partial charge in [-0.25, -0.2) is 4.98 Å². The summed E-state index contributed by atoms with van der Waals surface area (Å²) in [6.45, 7) is 4.14. The third kappa shape index (κ3) is 2.91. The molecule has 0 radical (unpaired) electrons. The van der Waals surface area contributed by atoms with E-state index in [1.807, 2.05) is 43.3 Å². The van der Waals surface area contributed by atoms with Crippen LogP contribution in [0.3, 0.4) is 0 Å². The van der Waals surface area contributed by atoms with E-state index in [-0.39, 0.29) is 11.6 Å². The van der Waals surface area contributed by atoms with Crippen LogP contribution in [0, 0.1) is 12.3 Å². The van der Waals surface area contributed by atoms with Gasteiger partial charge in [-0.1, -0.05) is 49.8 Å². The monoisotopic (exact) mass is 376 g/mol. The number of aromatic nitrogens is 2. The van der Waals surface area contributed by atoms with Crippen molar-refractivity contribution in [2.75, 3.05) is 0 Å². The van der Waals surface area contributed by atoms with Gasteiger partial charge in [-0.2, -0.15) is 0 Å². The van der Waals surface area contributed by atoms with Crippen LogP contribution in [0.25, 0.3) is 18.2 Å². The number of hydrogen-bond donors (Lipinski definition) is 1. The highest BCUT2D eigenvalue weighted by atomic mass is 16.4. The average Bonchev–Trinajstić information content (AvgIpc) is 3.43. The van der Waals surface area contributed by atoms with Crippen molar-refractivity contribution < 1.29 is 9.90 Å². The summed E-state index contributed by atoms with van der Waals surface area (Å²) in [6, 6.07) is 7.75. The molecule has 1 fully saturated rings. The van der Waals surface area contributed by atoms with E-state index in [4.69, 9.17) is 4.98 Å². The Kier molecular flexibility index (Phi) is 4.53. The molecule has 4 rings (SSSR count). The fourth-order valence-corrected chi connectivity index (χ4v) is 3.98. The molecular formula is C23H24N2O3. The number of hydrogen-bond acceptors (Lipinski definition) is 3. The van der Waals surface area contributed by atoms with E-state index in [2.05, 4.69) is 6.92 Å². The van der Waals surface area contributed by atoms with Crippen LogP contribution in [-0.2, 0) is 11.2 Å². The highest BCUT2D eigenvalue weighted by Gasteiger charge is 2.62. The summed E-state index contributed by atoms with van der Waals surface area (Å²) < 4.78 is 1.60. The van der Waals surface area contributed by atoms with E-state index in [0.717, 1.165) is 24.0 Å². The van der Waals surface area contributed by atoms with Crippen LogP contribution in [-0.4, -0.2) is 20.6 Å². The SMILES string of the molecule is CCCCc1c(/C=C/c2ccccc2C)nc2n(c1=O)C1CC1(C(=O)O)C=C2. The van der Waals surface area contributed by atoms with Gasteiger partial charge in [0, 0.05) is 5.56 Å². The van der Waals surface area contributed by atoms with Crippen molar-refractivity contribution in [2.24, 2.45) is 5.41 Å². The van der Waals surface area contributed by atoms with Gasteiger partial charge < -0.3 is 5.11 Å². The zero-order valence-corrected chi connectivity index (χ0v) is 16.2. The first kappa shape index (κ1) is 18.4. The number of fused-ring (bicyclic) bond motifs is 3.